The first-order valence-electron chi connectivity index (χ1n) is 3.26. The fourth-order valence-electron chi connectivity index (χ4n) is 0.134. The molecule has 13 heavy (non-hydrogen) atoms. The topological polar surface area (TPSA) is 54.4 Å². The Morgan fingerprint density at radius 1 is 1.38 bits per heavy atom. The molecule has 3 nitrogen and oxygen atoms in total. The van der Waals surface area contributed by atoms with Crippen LogP contribution in [0.4, 0.5) is 13.2 Å². The van der Waals surface area contributed by atoms with Crippen LogP contribution in [0, 0.1) is 0 Å². The monoisotopic (exact) mass is 334 g/mol. The Morgan fingerprint density at radius 2 is 1.69 bits per heavy atom. The minimum Gasteiger partial charge on any atom is -0.279 e. The van der Waals surface area contributed by atoms with Crippen LogP contribution >= 0.6 is 22.6 Å². The summed E-state index contributed by atoms with van der Waals surface area (Å²) in [6.45, 7) is 2.21. The van der Waals surface area contributed by atoms with E-state index in [0.717, 1.165) is 0 Å². The molecule has 0 saturated carbocycles. The van der Waals surface area contributed by atoms with Crippen LogP contribution in [0.2, 0.25) is 0 Å². The molecule has 0 aromatic rings. The molecule has 0 aromatic carbocycles. The van der Waals surface area contributed by atoms with Crippen LogP contribution in [0.15, 0.2) is 0 Å². The number of hydrogen-bond acceptors (Lipinski definition) is 2. The Kier molecular flexibility index (Phi) is 8.33. The summed E-state index contributed by atoms with van der Waals surface area (Å²) in [6.07, 6.45) is 2.71. The zero-order valence-corrected chi connectivity index (χ0v) is 9.78. The van der Waals surface area contributed by atoms with Crippen molar-refractivity contribution in [3.8, 4) is 0 Å². The van der Waals surface area contributed by atoms with Crippen LogP contribution in [0.25, 0.3) is 0 Å². The molecule has 0 spiro atoms. The van der Waals surface area contributed by atoms with Gasteiger partial charge in [0.1, 0.15) is 0 Å². The standard InChI is InChI=1S/C4H9I.CHF3O3S/c1-2-3-4-5;2-1(3,4)8(5,6)7/h2-4H2,1H3;(H,5,6,7). The molecule has 0 bridgehead atoms. The van der Waals surface area contributed by atoms with E-state index in [1.807, 2.05) is 0 Å². The van der Waals surface area contributed by atoms with Crippen molar-refractivity contribution in [1.29, 1.82) is 0 Å². The molecule has 0 aliphatic heterocycles. The lowest BCUT2D eigenvalue weighted by molar-refractivity contribution is -0.0510. The van der Waals surface area contributed by atoms with Crippen LogP contribution in [0.3, 0.4) is 0 Å². The molecule has 0 aromatic heterocycles. The third-order valence-electron chi connectivity index (χ3n) is 0.780. The SMILES string of the molecule is CCCCI.O=S(=O)(O)C(F)(F)F. The molecule has 0 amide bonds. The van der Waals surface area contributed by atoms with Gasteiger partial charge in [-0.25, -0.2) is 0 Å². The van der Waals surface area contributed by atoms with Crippen molar-refractivity contribution in [2.45, 2.75) is 25.3 Å². The first-order chi connectivity index (χ1) is 5.66. The van der Waals surface area contributed by atoms with E-state index in [-0.39, 0.29) is 0 Å². The van der Waals surface area contributed by atoms with E-state index in [4.69, 9.17) is 13.0 Å². The summed E-state index contributed by atoms with van der Waals surface area (Å²) in [6, 6.07) is 0. The van der Waals surface area contributed by atoms with E-state index in [1.54, 1.807) is 0 Å². The number of unbranched alkanes of at least 4 members (excludes halogenated alkanes) is 1. The number of hydrogen-bond donors (Lipinski definition) is 1. The van der Waals surface area contributed by atoms with Crippen LogP contribution in [0.1, 0.15) is 19.8 Å². The zero-order chi connectivity index (χ0) is 11.1. The molecule has 0 aliphatic rings. The van der Waals surface area contributed by atoms with Crippen molar-refractivity contribution in [3.63, 3.8) is 0 Å². The molecule has 8 heteroatoms. The van der Waals surface area contributed by atoms with E-state index in [1.165, 1.54) is 17.3 Å². The van der Waals surface area contributed by atoms with Gasteiger partial charge in [-0.3, -0.25) is 4.55 Å². The lowest BCUT2D eigenvalue weighted by Crippen LogP contribution is -2.21. The van der Waals surface area contributed by atoms with Crippen molar-refractivity contribution >= 4 is 32.7 Å². The van der Waals surface area contributed by atoms with E-state index in [9.17, 15) is 13.2 Å². The molecule has 0 fully saturated rings. The van der Waals surface area contributed by atoms with Gasteiger partial charge < -0.3 is 0 Å². The summed E-state index contributed by atoms with van der Waals surface area (Å²) in [4.78, 5) is 0. The van der Waals surface area contributed by atoms with E-state index in [2.05, 4.69) is 29.5 Å². The first-order valence-corrected chi connectivity index (χ1v) is 6.23. The van der Waals surface area contributed by atoms with Crippen LogP contribution in [-0.2, 0) is 10.1 Å². The smallest absolute Gasteiger partial charge is 0.279 e. The molecule has 0 unspecified atom stereocenters. The molecule has 1 N–H and O–H groups in total. The fraction of sp³-hybridized carbons (Fsp3) is 1.00. The van der Waals surface area contributed by atoms with Gasteiger partial charge >= 0.3 is 15.6 Å². The van der Waals surface area contributed by atoms with Crippen LogP contribution in [-0.4, -0.2) is 22.9 Å². The molecule has 0 heterocycles. The number of alkyl halides is 4. The van der Waals surface area contributed by atoms with E-state index < -0.39 is 15.6 Å². The summed E-state index contributed by atoms with van der Waals surface area (Å²) in [7, 11) is -5.84. The predicted molar refractivity (Wildman–Crippen MR) is 51.4 cm³/mol. The summed E-state index contributed by atoms with van der Waals surface area (Å²) in [5.74, 6) is 0. The highest BCUT2D eigenvalue weighted by atomic mass is 127. The molecule has 0 atom stereocenters. The molecule has 82 valence electrons. The lowest BCUT2D eigenvalue weighted by Gasteiger charge is -1.97. The Hall–Kier alpha value is 0.430. The molecule has 0 aliphatic carbocycles. The highest BCUT2D eigenvalue weighted by Crippen LogP contribution is 2.20. The largest absolute Gasteiger partial charge is 0.522 e. The summed E-state index contributed by atoms with van der Waals surface area (Å²) in [5.41, 5.74) is -5.53. The predicted octanol–water partition coefficient (Wildman–Crippen LogP) is 2.62. The normalized spacial score (nSPS) is 11.8. The van der Waals surface area contributed by atoms with Crippen molar-refractivity contribution in [1.82, 2.24) is 0 Å². The van der Waals surface area contributed by atoms with Gasteiger partial charge in [-0.1, -0.05) is 35.9 Å². The molecular weight excluding hydrogens is 324 g/mol. The Balaban J connectivity index is 0. The van der Waals surface area contributed by atoms with Crippen LogP contribution < -0.4 is 0 Å². The van der Waals surface area contributed by atoms with Crippen LogP contribution in [0.5, 0.6) is 0 Å². The Bertz CT molecular complexity index is 210. The van der Waals surface area contributed by atoms with Gasteiger partial charge in [-0.05, 0) is 10.8 Å². The minimum atomic E-state index is -5.84. The van der Waals surface area contributed by atoms with Gasteiger partial charge in [0.05, 0.1) is 0 Å². The summed E-state index contributed by atoms with van der Waals surface area (Å²) < 4.78 is 58.9. The second-order valence-corrected chi connectivity index (χ2v) is 4.46. The van der Waals surface area contributed by atoms with E-state index in [0.29, 0.717) is 0 Å². The highest BCUT2D eigenvalue weighted by Gasteiger charge is 2.44. The molecule has 0 radical (unpaired) electrons. The number of halogens is 4. The van der Waals surface area contributed by atoms with Gasteiger partial charge in [-0.15, -0.1) is 0 Å². The van der Waals surface area contributed by atoms with E-state index >= 15 is 0 Å². The lowest BCUT2D eigenvalue weighted by atomic mass is 10.4. The molecule has 0 saturated heterocycles. The van der Waals surface area contributed by atoms with Gasteiger partial charge in [0.2, 0.25) is 0 Å². The average Bonchev–Trinajstić information content (AvgIpc) is 1.85. The maximum Gasteiger partial charge on any atom is 0.522 e. The number of rotatable bonds is 2. The zero-order valence-electron chi connectivity index (χ0n) is 6.81. The Labute approximate surface area is 88.6 Å². The first kappa shape index (κ1) is 15.9. The molecule has 0 rings (SSSR count). The second-order valence-electron chi connectivity index (χ2n) is 1.96. The highest BCUT2D eigenvalue weighted by molar-refractivity contribution is 14.1. The third kappa shape index (κ3) is 10.4. The molecular formula is C5H10F3IO3S. The second kappa shape index (κ2) is 6.82. The Morgan fingerprint density at radius 3 is 1.69 bits per heavy atom. The van der Waals surface area contributed by atoms with Crippen molar-refractivity contribution in [3.05, 3.63) is 0 Å². The van der Waals surface area contributed by atoms with Gasteiger partial charge in [-0.2, -0.15) is 21.6 Å². The van der Waals surface area contributed by atoms with Crippen molar-refractivity contribution < 1.29 is 26.1 Å². The van der Waals surface area contributed by atoms with Crippen molar-refractivity contribution in [2.24, 2.45) is 0 Å². The van der Waals surface area contributed by atoms with Gasteiger partial charge in [0.25, 0.3) is 0 Å². The quantitative estimate of drug-likeness (QED) is 0.366. The third-order valence-corrected chi connectivity index (χ3v) is 2.13. The summed E-state index contributed by atoms with van der Waals surface area (Å²) in [5, 5.41) is 0. The minimum absolute atomic E-state index is 1.31. The van der Waals surface area contributed by atoms with Gasteiger partial charge in [0.15, 0.2) is 0 Å². The van der Waals surface area contributed by atoms with Gasteiger partial charge in [0, 0.05) is 0 Å². The average molecular weight is 334 g/mol. The maximum absolute atomic E-state index is 10.7. The summed E-state index contributed by atoms with van der Waals surface area (Å²) >= 11 is 2.39. The maximum atomic E-state index is 10.7. The fourth-order valence-corrected chi connectivity index (χ4v) is 0.896. The van der Waals surface area contributed by atoms with Crippen molar-refractivity contribution in [2.75, 3.05) is 4.43 Å².